The van der Waals surface area contributed by atoms with Crippen molar-refractivity contribution in [2.75, 3.05) is 24.4 Å². The van der Waals surface area contributed by atoms with Crippen LogP contribution < -0.4 is 17.0 Å². The zero-order valence-electron chi connectivity index (χ0n) is 21.5. The summed E-state index contributed by atoms with van der Waals surface area (Å²) in [6, 6.07) is -0.889. The predicted octanol–water partition coefficient (Wildman–Crippen LogP) is -2.84. The van der Waals surface area contributed by atoms with E-state index in [0.29, 0.717) is 0 Å². The summed E-state index contributed by atoms with van der Waals surface area (Å²) in [6.45, 7) is -0.465. The molecule has 0 radical (unpaired) electrons. The number of nitrogens with zero attached hydrogens (tertiary/aromatic N) is 7. The van der Waals surface area contributed by atoms with Crippen molar-refractivity contribution in [2.45, 2.75) is 49.4 Å². The molecule has 0 aromatic carbocycles. The Hall–Kier alpha value is -3.59. The van der Waals surface area contributed by atoms with Crippen molar-refractivity contribution in [1.82, 2.24) is 39.0 Å². The molecule has 1 saturated heterocycles. The number of imidazole rings is 2. The first-order chi connectivity index (χ1) is 20.0. The molecule has 1 aliphatic carbocycles. The van der Waals surface area contributed by atoms with E-state index in [0.717, 1.165) is 0 Å². The van der Waals surface area contributed by atoms with Gasteiger partial charge < -0.3 is 50.8 Å². The van der Waals surface area contributed by atoms with E-state index in [9.17, 15) is 34.7 Å². The van der Waals surface area contributed by atoms with Gasteiger partial charge in [0, 0.05) is 12.5 Å². The Kier molecular flexibility index (Phi) is 7.20. The average Bonchev–Trinajstić information content (AvgIpc) is 3.69. The third-order valence-electron chi connectivity index (χ3n) is 7.33. The Morgan fingerprint density at radius 2 is 1.79 bits per heavy atom. The van der Waals surface area contributed by atoms with Crippen molar-refractivity contribution in [2.24, 2.45) is 5.92 Å². The lowest BCUT2D eigenvalue weighted by Crippen LogP contribution is -2.34. The SMILES string of the molecule is Nc1nc2c(ncn2[C@@H]2C[C@H](CO)C(O)C2OP(=O)(O)CO[C@H]2O[C@@H](n3cnc4c(N)ncnc43)C(O)C2O)c(=O)[nH]1. The molecule has 2 aliphatic rings. The van der Waals surface area contributed by atoms with E-state index in [1.165, 1.54) is 28.1 Å². The molecule has 0 amide bonds. The molecule has 1 aliphatic heterocycles. The van der Waals surface area contributed by atoms with Crippen molar-refractivity contribution in [3.8, 4) is 0 Å². The van der Waals surface area contributed by atoms with E-state index in [4.69, 9.17) is 25.5 Å². The van der Waals surface area contributed by atoms with Gasteiger partial charge in [0.1, 0.15) is 30.2 Å². The number of aliphatic hydroxyl groups excluding tert-OH is 4. The highest BCUT2D eigenvalue weighted by Gasteiger charge is 2.49. The van der Waals surface area contributed by atoms with E-state index in [-0.39, 0.29) is 40.5 Å². The largest absolute Gasteiger partial charge is 0.396 e. The Morgan fingerprint density at radius 3 is 2.55 bits per heavy atom. The van der Waals surface area contributed by atoms with Gasteiger partial charge in [-0.05, 0) is 6.42 Å². The number of aliphatic hydroxyl groups is 4. The van der Waals surface area contributed by atoms with Crippen LogP contribution in [0.4, 0.5) is 11.8 Å². The minimum absolute atomic E-state index is 0.0474. The minimum atomic E-state index is -4.70. The normalized spacial score (nSPS) is 31.3. The summed E-state index contributed by atoms with van der Waals surface area (Å²) in [5, 5.41) is 41.7. The highest BCUT2D eigenvalue weighted by molar-refractivity contribution is 7.52. The van der Waals surface area contributed by atoms with Gasteiger partial charge in [-0.15, -0.1) is 0 Å². The van der Waals surface area contributed by atoms with Crippen molar-refractivity contribution in [3.05, 3.63) is 29.3 Å². The highest BCUT2D eigenvalue weighted by atomic mass is 31.2. The van der Waals surface area contributed by atoms with Crippen molar-refractivity contribution < 1.29 is 43.9 Å². The van der Waals surface area contributed by atoms with Gasteiger partial charge in [0.05, 0.1) is 24.8 Å². The smallest absolute Gasteiger partial charge is 0.354 e. The molecule has 21 heteroatoms. The minimum Gasteiger partial charge on any atom is -0.396 e. The topological polar surface area (TPSA) is 305 Å². The third kappa shape index (κ3) is 4.81. The number of aromatic amines is 1. The fraction of sp³-hybridized carbons (Fsp3) is 0.524. The molecule has 1 saturated carbocycles. The zero-order valence-corrected chi connectivity index (χ0v) is 22.4. The molecule has 10 N–H and O–H groups in total. The molecule has 5 unspecified atom stereocenters. The summed E-state index contributed by atoms with van der Waals surface area (Å²) in [7, 11) is -4.70. The van der Waals surface area contributed by atoms with Crippen LogP contribution in [0.5, 0.6) is 0 Å². The first-order valence-electron chi connectivity index (χ1n) is 12.6. The molecule has 20 nitrogen and oxygen atoms in total. The molecule has 5 heterocycles. The van der Waals surface area contributed by atoms with Crippen molar-refractivity contribution in [1.29, 1.82) is 0 Å². The molecule has 4 aromatic heterocycles. The van der Waals surface area contributed by atoms with Gasteiger partial charge in [0.25, 0.3) is 5.56 Å². The second-order valence-corrected chi connectivity index (χ2v) is 11.7. The number of nitrogen functional groups attached to an aromatic ring is 2. The van der Waals surface area contributed by atoms with Crippen LogP contribution in [0.15, 0.2) is 23.8 Å². The van der Waals surface area contributed by atoms with Crippen LogP contribution in [0.2, 0.25) is 0 Å². The van der Waals surface area contributed by atoms with Gasteiger partial charge >= 0.3 is 7.60 Å². The van der Waals surface area contributed by atoms with Crippen molar-refractivity contribution >= 4 is 41.7 Å². The number of fused-ring (bicyclic) bond motifs is 2. The number of anilines is 2. The number of aromatic nitrogens is 8. The molecule has 2 fully saturated rings. The summed E-state index contributed by atoms with van der Waals surface area (Å²) in [4.78, 5) is 45.3. The number of H-pyrrole nitrogens is 1. The van der Waals surface area contributed by atoms with Crippen LogP contribution in [0.25, 0.3) is 22.3 Å². The predicted molar refractivity (Wildman–Crippen MR) is 139 cm³/mol. The van der Waals surface area contributed by atoms with Gasteiger partial charge in [-0.3, -0.25) is 23.4 Å². The first-order valence-corrected chi connectivity index (χ1v) is 14.3. The van der Waals surface area contributed by atoms with E-state index in [1.54, 1.807) is 0 Å². The lowest BCUT2D eigenvalue weighted by Gasteiger charge is -2.27. The van der Waals surface area contributed by atoms with Crippen LogP contribution in [0.1, 0.15) is 18.7 Å². The number of hydrogen-bond acceptors (Lipinski definition) is 16. The number of ether oxygens (including phenoxy) is 2. The highest BCUT2D eigenvalue weighted by Crippen LogP contribution is 2.50. The first kappa shape index (κ1) is 28.5. The van der Waals surface area contributed by atoms with Crippen LogP contribution >= 0.6 is 7.60 Å². The maximum atomic E-state index is 13.1. The molecular weight excluding hydrogens is 583 g/mol. The van der Waals surface area contributed by atoms with E-state index < -0.39 is 75.0 Å². The summed E-state index contributed by atoms with van der Waals surface area (Å²) >= 11 is 0. The van der Waals surface area contributed by atoms with Crippen LogP contribution in [-0.4, -0.2) is 108 Å². The average molecular weight is 610 g/mol. The molecule has 4 aromatic rings. The third-order valence-corrected chi connectivity index (χ3v) is 8.38. The Labute approximate surface area is 234 Å². The maximum Gasteiger partial charge on any atom is 0.354 e. The zero-order chi connectivity index (χ0) is 29.9. The van der Waals surface area contributed by atoms with Gasteiger partial charge in [0.15, 0.2) is 41.5 Å². The summed E-state index contributed by atoms with van der Waals surface area (Å²) < 4.78 is 32.3. The Bertz CT molecular complexity index is 1730. The van der Waals surface area contributed by atoms with Gasteiger partial charge in [-0.2, -0.15) is 4.98 Å². The fourth-order valence-corrected chi connectivity index (χ4v) is 6.33. The quantitative estimate of drug-likeness (QED) is 0.0931. The van der Waals surface area contributed by atoms with Crippen molar-refractivity contribution in [3.63, 3.8) is 0 Å². The molecule has 42 heavy (non-hydrogen) atoms. The number of rotatable bonds is 8. The van der Waals surface area contributed by atoms with E-state index in [1.807, 2.05) is 0 Å². The summed E-state index contributed by atoms with van der Waals surface area (Å²) in [6.07, 6.45) is -6.02. The summed E-state index contributed by atoms with van der Waals surface area (Å²) in [5.74, 6) is -0.861. The maximum absolute atomic E-state index is 13.1. The second-order valence-electron chi connectivity index (χ2n) is 9.97. The van der Waals surface area contributed by atoms with Crippen LogP contribution in [0, 0.1) is 5.92 Å². The Morgan fingerprint density at radius 1 is 1.05 bits per heavy atom. The fourth-order valence-electron chi connectivity index (χ4n) is 5.29. The van der Waals surface area contributed by atoms with E-state index >= 15 is 0 Å². The molecular formula is C21H27N10O10P. The Balaban J connectivity index is 1.19. The standard InChI is InChI=1S/C21H27N10O10P/c22-15-9-16(25-3-24-15)31(5-26-9)19-12(34)13(35)20(40-19)39-6-42(37,38)41-14-8(1-7(2-32)11(14)33)30-4-27-10-17(30)28-21(23)29-18(10)36/h3-5,7-8,11-14,19-20,32-35H,1-2,6H2,(H,37,38)(H2,22,24,25)(H3,23,28,29,36)/t7-,8-,11?,12?,13?,14?,19-,20+/m1/s1. The molecule has 6 rings (SSSR count). The lowest BCUT2D eigenvalue weighted by atomic mass is 10.1. The summed E-state index contributed by atoms with van der Waals surface area (Å²) in [5.41, 5.74) is 11.3. The molecule has 0 bridgehead atoms. The monoisotopic (exact) mass is 610 g/mol. The second kappa shape index (κ2) is 10.6. The number of nitrogens with two attached hydrogens (primary N) is 2. The molecule has 0 spiro atoms. The van der Waals surface area contributed by atoms with Gasteiger partial charge in [-0.1, -0.05) is 0 Å². The lowest BCUT2D eigenvalue weighted by molar-refractivity contribution is -0.168. The molecule has 226 valence electrons. The van der Waals surface area contributed by atoms with E-state index in [2.05, 4.69) is 29.9 Å². The van der Waals surface area contributed by atoms with Gasteiger partial charge in [-0.25, -0.2) is 19.9 Å². The molecule has 9 atom stereocenters. The number of nitrogens with one attached hydrogen (secondary N) is 1. The number of hydrogen-bond donors (Lipinski definition) is 8. The van der Waals surface area contributed by atoms with Gasteiger partial charge in [0.2, 0.25) is 5.95 Å². The van der Waals surface area contributed by atoms with Crippen LogP contribution in [0.3, 0.4) is 0 Å². The van der Waals surface area contributed by atoms with Crippen LogP contribution in [-0.2, 0) is 18.6 Å².